The van der Waals surface area contributed by atoms with Gasteiger partial charge in [0.25, 0.3) is 0 Å². The number of anilines is 6. The lowest BCUT2D eigenvalue weighted by Crippen LogP contribution is -2.62. The van der Waals surface area contributed by atoms with Crippen LogP contribution in [0.25, 0.3) is 0 Å². The van der Waals surface area contributed by atoms with Crippen LogP contribution < -0.4 is 87.4 Å². The van der Waals surface area contributed by atoms with E-state index in [-0.39, 0.29) is 119 Å². The summed E-state index contributed by atoms with van der Waals surface area (Å²) in [6, 6.07) is 1.19. The number of piperidine rings is 8. The zero-order chi connectivity index (χ0) is 91.9. The molecule has 8 aliphatic heterocycles. The van der Waals surface area contributed by atoms with Crippen LogP contribution >= 0.6 is 0 Å². The molecule has 11 rings (SSSR count). The molecule has 26 nitrogen and oxygen atoms in total. The van der Waals surface area contributed by atoms with Crippen LogP contribution in [0.5, 0.6) is 18.0 Å². The Morgan fingerprint density at radius 1 is 0.240 bits per heavy atom. The van der Waals surface area contributed by atoms with Crippen LogP contribution in [0.1, 0.15) is 395 Å². The molecule has 0 bridgehead atoms. The molecule has 8 fully saturated rings. The first-order valence-corrected chi connectivity index (χ1v) is 49.5. The van der Waals surface area contributed by atoms with Gasteiger partial charge in [0.05, 0.1) is 0 Å². The summed E-state index contributed by atoms with van der Waals surface area (Å²) < 4.78 is 21.5. The fourth-order valence-corrected chi connectivity index (χ4v) is 26.7. The van der Waals surface area contributed by atoms with Gasteiger partial charge in [0.2, 0.25) is 35.7 Å². The number of ether oxygens (including phenoxy) is 3. The molecule has 0 atom stereocenters. The van der Waals surface area contributed by atoms with Gasteiger partial charge in [-0.15, -0.1) is 0 Å². The Labute approximate surface area is 759 Å². The van der Waals surface area contributed by atoms with E-state index in [1.54, 1.807) is 0 Å². The molecular formula is C99H183N23O3. The van der Waals surface area contributed by atoms with Crippen LogP contribution in [-0.4, -0.2) is 210 Å². The van der Waals surface area contributed by atoms with Crippen LogP contribution in [0, 0.1) is 17.8 Å². The zero-order valence-electron chi connectivity index (χ0n) is 85.3. The molecule has 3 aromatic heterocycles. The second kappa shape index (κ2) is 38.2. The molecule has 0 unspecified atom stereocenters. The lowest BCUT2D eigenvalue weighted by molar-refractivity contribution is 0.0491. The molecule has 11 N–H and O–H groups in total. The fraction of sp³-hybridized carbons (Fsp3) is 0.909. The molecule has 26 heteroatoms. The molecule has 0 aromatic carbocycles. The standard InChI is InChI=1S/C99H183N23O3/c1-84(2)51-67(52-85(3,4)112-84)41-33-36-44-100-75-103-78(109-81(106-75)123-72-61-94(21,22)117-95(23,24)62-72)120(47-39-49-121(70-57-90(13,14)115-91(15,16)58-70)79-104-76(101-45-37-34-42-68-53-86(5,6)113-87(7,8)54-68)107-82(110-79)124-73-63-96(25,26)118-97(27,28)64-73)48-40-50-122(71-59-92(17,18)116-93(19,20)60-71)80-105-77(102-46-38-35-43-69-55-88(9,10)114-89(11,12)56-69)108-83(111-80)125-74-65-98(29,30)119-99(31,32)66-74/h67-74,112-119H,33-66H2,1-32H3,(H,100,103,106,109)(H,101,104,107,110)(H,102,105,108,111). The lowest BCUT2D eigenvalue weighted by atomic mass is 9.74. The third-order valence-corrected chi connectivity index (χ3v) is 27.5. The van der Waals surface area contributed by atoms with E-state index in [0.29, 0.717) is 110 Å². The largest absolute Gasteiger partial charge is 0.460 e. The molecular weight excluding hydrogens is 1560 g/mol. The highest BCUT2D eigenvalue weighted by atomic mass is 16.5. The van der Waals surface area contributed by atoms with E-state index in [4.69, 9.17) is 59.1 Å². The van der Waals surface area contributed by atoms with Crippen molar-refractivity contribution in [2.24, 2.45) is 17.8 Å². The Kier molecular flexibility index (Phi) is 30.7. The van der Waals surface area contributed by atoms with Crippen molar-refractivity contribution in [2.45, 2.75) is 514 Å². The van der Waals surface area contributed by atoms with Gasteiger partial charge >= 0.3 is 18.0 Å². The number of hydrogen-bond acceptors (Lipinski definition) is 26. The first-order chi connectivity index (χ1) is 57.4. The van der Waals surface area contributed by atoms with E-state index in [1.807, 2.05) is 0 Å². The third kappa shape index (κ3) is 31.6. The number of nitrogens with zero attached hydrogens (tertiary/aromatic N) is 12. The molecule has 0 spiro atoms. The highest BCUT2D eigenvalue weighted by Crippen LogP contribution is 2.43. The Hall–Kier alpha value is -5.09. The Morgan fingerprint density at radius 3 is 0.688 bits per heavy atom. The molecule has 8 aliphatic rings. The van der Waals surface area contributed by atoms with Crippen molar-refractivity contribution < 1.29 is 14.2 Å². The molecule has 0 radical (unpaired) electrons. The summed E-state index contributed by atoms with van der Waals surface area (Å²) in [5, 5.41) is 42.9. The molecule has 712 valence electrons. The van der Waals surface area contributed by atoms with Crippen molar-refractivity contribution in [3.63, 3.8) is 0 Å². The van der Waals surface area contributed by atoms with E-state index in [2.05, 4.69) is 295 Å². The van der Waals surface area contributed by atoms with Crippen molar-refractivity contribution in [1.82, 2.24) is 87.4 Å². The van der Waals surface area contributed by atoms with E-state index < -0.39 is 0 Å². The van der Waals surface area contributed by atoms with Crippen molar-refractivity contribution in [3.05, 3.63) is 0 Å². The lowest BCUT2D eigenvalue weighted by Gasteiger charge is -2.49. The van der Waals surface area contributed by atoms with Crippen LogP contribution in [0.15, 0.2) is 0 Å². The van der Waals surface area contributed by atoms with E-state index in [0.717, 1.165) is 122 Å². The Morgan fingerprint density at radius 2 is 0.448 bits per heavy atom. The highest BCUT2D eigenvalue weighted by molar-refractivity contribution is 5.44. The average molecular weight is 1740 g/mol. The topological polar surface area (TPSA) is 286 Å². The summed E-state index contributed by atoms with van der Waals surface area (Å²) in [6.45, 7) is 79.2. The molecule has 8 saturated heterocycles. The second-order valence-corrected chi connectivity index (χ2v) is 51.6. The average Bonchev–Trinajstić information content (AvgIpc) is 0.780. The van der Waals surface area contributed by atoms with E-state index in [1.165, 1.54) is 57.8 Å². The minimum atomic E-state index is -0.198. The second-order valence-electron chi connectivity index (χ2n) is 51.6. The minimum Gasteiger partial charge on any atom is -0.460 e. The fourth-order valence-electron chi connectivity index (χ4n) is 26.7. The van der Waals surface area contributed by atoms with Crippen LogP contribution in [-0.2, 0) is 0 Å². The van der Waals surface area contributed by atoms with Gasteiger partial charge in [-0.1, -0.05) is 38.5 Å². The van der Waals surface area contributed by atoms with Crippen molar-refractivity contribution in [2.75, 3.05) is 76.5 Å². The van der Waals surface area contributed by atoms with Gasteiger partial charge in [0.15, 0.2) is 0 Å². The zero-order valence-corrected chi connectivity index (χ0v) is 85.3. The molecule has 0 aliphatic carbocycles. The van der Waals surface area contributed by atoms with Gasteiger partial charge in [-0.25, -0.2) is 0 Å². The minimum absolute atomic E-state index is 0.0558. The van der Waals surface area contributed by atoms with Crippen molar-refractivity contribution in [1.29, 1.82) is 0 Å². The maximum absolute atomic E-state index is 7.21. The molecule has 11 heterocycles. The summed E-state index contributed by atoms with van der Waals surface area (Å²) in [4.78, 5) is 56.3. The summed E-state index contributed by atoms with van der Waals surface area (Å²) in [6.07, 6.45) is 26.3. The number of hydrogen-bond donors (Lipinski definition) is 11. The number of aromatic nitrogens is 9. The van der Waals surface area contributed by atoms with Gasteiger partial charge in [0.1, 0.15) is 18.3 Å². The monoisotopic (exact) mass is 1740 g/mol. The van der Waals surface area contributed by atoms with E-state index in [9.17, 15) is 0 Å². The van der Waals surface area contributed by atoms with Gasteiger partial charge in [0, 0.05) is 185 Å². The summed E-state index contributed by atoms with van der Waals surface area (Å²) in [7, 11) is 0. The van der Waals surface area contributed by atoms with Crippen LogP contribution in [0.4, 0.5) is 35.7 Å². The summed E-state index contributed by atoms with van der Waals surface area (Å²) >= 11 is 0. The quantitative estimate of drug-likeness (QED) is 0.0239. The summed E-state index contributed by atoms with van der Waals surface area (Å²) in [5.41, 5.74) is -1.16. The van der Waals surface area contributed by atoms with E-state index >= 15 is 0 Å². The smallest absolute Gasteiger partial charge is 0.323 e. The molecule has 0 saturated carbocycles. The first kappa shape index (κ1) is 100. The van der Waals surface area contributed by atoms with Gasteiger partial charge in [-0.2, -0.15) is 44.9 Å². The molecule has 0 amide bonds. The number of nitrogens with one attached hydrogen (secondary N) is 11. The molecule has 125 heavy (non-hydrogen) atoms. The predicted molar refractivity (Wildman–Crippen MR) is 518 cm³/mol. The van der Waals surface area contributed by atoms with Crippen LogP contribution in [0.3, 0.4) is 0 Å². The first-order valence-electron chi connectivity index (χ1n) is 49.5. The van der Waals surface area contributed by atoms with Crippen LogP contribution in [0.2, 0.25) is 0 Å². The van der Waals surface area contributed by atoms with Crippen molar-refractivity contribution in [3.8, 4) is 18.0 Å². The predicted octanol–water partition coefficient (Wildman–Crippen LogP) is 17.9. The summed E-state index contributed by atoms with van der Waals surface area (Å²) in [5.74, 6) is 5.47. The Bertz CT molecular complexity index is 3680. The molecule has 3 aromatic rings. The van der Waals surface area contributed by atoms with Gasteiger partial charge in [-0.3, -0.25) is 0 Å². The number of rotatable bonds is 37. The Balaban J connectivity index is 0.963. The highest BCUT2D eigenvalue weighted by Gasteiger charge is 2.48. The van der Waals surface area contributed by atoms with Gasteiger partial charge < -0.3 is 87.4 Å². The maximum Gasteiger partial charge on any atom is 0.323 e. The maximum atomic E-state index is 7.21. The number of unbranched alkanes of at least 4 members (excludes halogenated alkanes) is 3. The SMILES string of the molecule is CC1(C)CC(CCCCNc2nc(OC3CC(C)(C)NC(C)(C)C3)nc(N(CCCN(c3nc(NCCCCC4CC(C)(C)NC(C)(C)C4)nc(OC4CC(C)(C)NC(C)(C)C4)n3)C3CC(C)(C)NC(C)(C)C3)CCCN(c3nc(NCCCCC4CC(C)(C)NC(C)(C)C4)nc(OC4CC(C)(C)NC(C)(C)C4)n3)C3CC(C)(C)NC(C)(C)C3)n2)CC(C)(C)N1. The normalized spacial score (nSPS) is 25.5. The third-order valence-electron chi connectivity index (χ3n) is 27.5. The van der Waals surface area contributed by atoms with Crippen molar-refractivity contribution >= 4 is 35.7 Å². The van der Waals surface area contributed by atoms with Gasteiger partial charge in [-0.05, 0) is 336 Å².